The van der Waals surface area contributed by atoms with E-state index in [9.17, 15) is 4.79 Å². The zero-order chi connectivity index (χ0) is 11.1. The van der Waals surface area contributed by atoms with Crippen LogP contribution < -0.4 is 10.5 Å². The first-order valence-corrected chi connectivity index (χ1v) is 4.92. The highest BCUT2D eigenvalue weighted by molar-refractivity contribution is 5.64. The highest BCUT2D eigenvalue weighted by atomic mass is 16.7. The van der Waals surface area contributed by atoms with Crippen molar-refractivity contribution in [3.05, 3.63) is 24.3 Å². The number of nitrogens with two attached hydrogens (primary N) is 1. The van der Waals surface area contributed by atoms with Gasteiger partial charge in [-0.1, -0.05) is 13.3 Å². The Balaban J connectivity index is 2.34. The van der Waals surface area contributed by atoms with Crippen molar-refractivity contribution in [1.29, 1.82) is 0 Å². The van der Waals surface area contributed by atoms with Crippen molar-refractivity contribution in [3.63, 3.8) is 0 Å². The molecular formula is C11H15NO3. The van der Waals surface area contributed by atoms with Gasteiger partial charge in [0.15, 0.2) is 0 Å². The Morgan fingerprint density at radius 1 is 1.33 bits per heavy atom. The highest BCUT2D eigenvalue weighted by Gasteiger charge is 2.04. The fourth-order valence-corrected chi connectivity index (χ4v) is 0.961. The Morgan fingerprint density at radius 2 is 2.00 bits per heavy atom. The van der Waals surface area contributed by atoms with Gasteiger partial charge in [-0.2, -0.15) is 0 Å². The molecule has 0 saturated heterocycles. The predicted octanol–water partition coefficient (Wildman–Crippen LogP) is 2.58. The van der Waals surface area contributed by atoms with Gasteiger partial charge in [-0.05, 0) is 30.7 Å². The van der Waals surface area contributed by atoms with Crippen molar-refractivity contribution >= 4 is 11.8 Å². The average Bonchev–Trinajstić information content (AvgIpc) is 2.22. The third-order valence-electron chi connectivity index (χ3n) is 1.80. The van der Waals surface area contributed by atoms with Gasteiger partial charge in [0.05, 0.1) is 6.61 Å². The van der Waals surface area contributed by atoms with E-state index in [4.69, 9.17) is 15.2 Å². The van der Waals surface area contributed by atoms with Crippen LogP contribution in [0, 0.1) is 0 Å². The van der Waals surface area contributed by atoms with Gasteiger partial charge in [-0.15, -0.1) is 0 Å². The lowest BCUT2D eigenvalue weighted by Gasteiger charge is -2.05. The Kier molecular flexibility index (Phi) is 4.47. The van der Waals surface area contributed by atoms with E-state index in [0.29, 0.717) is 18.0 Å². The molecule has 82 valence electrons. The summed E-state index contributed by atoms with van der Waals surface area (Å²) in [7, 11) is 0. The van der Waals surface area contributed by atoms with E-state index in [1.165, 1.54) is 0 Å². The number of unbranched alkanes of at least 4 members (excludes halogenated alkanes) is 1. The van der Waals surface area contributed by atoms with E-state index in [1.807, 2.05) is 6.92 Å². The van der Waals surface area contributed by atoms with E-state index >= 15 is 0 Å². The molecule has 0 fully saturated rings. The van der Waals surface area contributed by atoms with Gasteiger partial charge in [-0.3, -0.25) is 0 Å². The molecule has 4 nitrogen and oxygen atoms in total. The largest absolute Gasteiger partial charge is 0.513 e. The molecule has 0 heterocycles. The first-order valence-electron chi connectivity index (χ1n) is 4.92. The van der Waals surface area contributed by atoms with Crippen molar-refractivity contribution in [2.75, 3.05) is 12.3 Å². The molecule has 0 aliphatic rings. The van der Waals surface area contributed by atoms with E-state index in [2.05, 4.69) is 0 Å². The highest BCUT2D eigenvalue weighted by Crippen LogP contribution is 2.13. The van der Waals surface area contributed by atoms with Crippen LogP contribution in [0.4, 0.5) is 10.5 Å². The number of benzene rings is 1. The Labute approximate surface area is 89.0 Å². The van der Waals surface area contributed by atoms with Gasteiger partial charge in [0.1, 0.15) is 5.75 Å². The fourth-order valence-electron chi connectivity index (χ4n) is 0.961. The number of nitrogen functional groups attached to an aromatic ring is 1. The van der Waals surface area contributed by atoms with Crippen molar-refractivity contribution in [1.82, 2.24) is 0 Å². The lowest BCUT2D eigenvalue weighted by molar-refractivity contribution is 0.0978. The summed E-state index contributed by atoms with van der Waals surface area (Å²) in [5, 5.41) is 0. The number of anilines is 1. The second-order valence-corrected chi connectivity index (χ2v) is 3.12. The minimum Gasteiger partial charge on any atom is -0.434 e. The van der Waals surface area contributed by atoms with Crippen LogP contribution in [0.3, 0.4) is 0 Å². The van der Waals surface area contributed by atoms with Gasteiger partial charge in [0.25, 0.3) is 0 Å². The molecule has 4 heteroatoms. The van der Waals surface area contributed by atoms with Crippen molar-refractivity contribution < 1.29 is 14.3 Å². The molecule has 0 saturated carbocycles. The second kappa shape index (κ2) is 5.90. The number of hydrogen-bond donors (Lipinski definition) is 1. The fraction of sp³-hybridized carbons (Fsp3) is 0.364. The molecule has 0 amide bonds. The summed E-state index contributed by atoms with van der Waals surface area (Å²) in [5.41, 5.74) is 6.11. The van der Waals surface area contributed by atoms with Gasteiger partial charge in [-0.25, -0.2) is 4.79 Å². The average molecular weight is 209 g/mol. The summed E-state index contributed by atoms with van der Waals surface area (Å²) in [6.45, 7) is 2.42. The number of carbonyl (C=O) groups excluding carboxylic acids is 1. The predicted molar refractivity (Wildman–Crippen MR) is 57.7 cm³/mol. The van der Waals surface area contributed by atoms with Crippen molar-refractivity contribution in [2.45, 2.75) is 19.8 Å². The van der Waals surface area contributed by atoms with Crippen LogP contribution in [0.1, 0.15) is 19.8 Å². The maximum Gasteiger partial charge on any atom is 0.513 e. The lowest BCUT2D eigenvalue weighted by Crippen LogP contribution is -2.11. The lowest BCUT2D eigenvalue weighted by atomic mass is 10.3. The van der Waals surface area contributed by atoms with E-state index < -0.39 is 6.16 Å². The molecule has 1 aromatic rings. The van der Waals surface area contributed by atoms with E-state index in [0.717, 1.165) is 12.8 Å². The summed E-state index contributed by atoms with van der Waals surface area (Å²) < 4.78 is 9.72. The van der Waals surface area contributed by atoms with Crippen LogP contribution in [-0.2, 0) is 4.74 Å². The molecule has 0 atom stereocenters. The number of hydrogen-bond acceptors (Lipinski definition) is 4. The van der Waals surface area contributed by atoms with Crippen molar-refractivity contribution in [2.24, 2.45) is 0 Å². The molecule has 0 unspecified atom stereocenters. The van der Waals surface area contributed by atoms with Crippen LogP contribution in [0.15, 0.2) is 24.3 Å². The van der Waals surface area contributed by atoms with Crippen LogP contribution in [-0.4, -0.2) is 12.8 Å². The minimum atomic E-state index is -0.673. The molecule has 2 N–H and O–H groups in total. The second-order valence-electron chi connectivity index (χ2n) is 3.12. The first-order chi connectivity index (χ1) is 7.22. The van der Waals surface area contributed by atoms with Crippen LogP contribution >= 0.6 is 0 Å². The standard InChI is InChI=1S/C11H15NO3/c1-2-3-8-14-11(13)15-10-6-4-9(12)5-7-10/h4-7H,2-3,8,12H2,1H3. The van der Waals surface area contributed by atoms with E-state index in [1.54, 1.807) is 24.3 Å². The summed E-state index contributed by atoms with van der Waals surface area (Å²) in [5.74, 6) is 0.436. The maximum atomic E-state index is 11.1. The zero-order valence-electron chi connectivity index (χ0n) is 8.73. The third-order valence-corrected chi connectivity index (χ3v) is 1.80. The molecular weight excluding hydrogens is 194 g/mol. The Morgan fingerprint density at radius 3 is 2.60 bits per heavy atom. The summed E-state index contributed by atoms with van der Waals surface area (Å²) >= 11 is 0. The van der Waals surface area contributed by atoms with Crippen molar-refractivity contribution in [3.8, 4) is 5.75 Å². The topological polar surface area (TPSA) is 61.5 Å². The molecule has 15 heavy (non-hydrogen) atoms. The molecule has 1 aromatic carbocycles. The van der Waals surface area contributed by atoms with Crippen LogP contribution in [0.25, 0.3) is 0 Å². The molecule has 0 aliphatic heterocycles. The summed E-state index contributed by atoms with van der Waals surface area (Å²) in [6.07, 6.45) is 1.15. The number of rotatable bonds is 4. The third kappa shape index (κ3) is 4.35. The monoisotopic (exact) mass is 209 g/mol. The van der Waals surface area contributed by atoms with Gasteiger partial charge >= 0.3 is 6.16 Å². The first kappa shape index (κ1) is 11.4. The van der Waals surface area contributed by atoms with Gasteiger partial charge in [0.2, 0.25) is 0 Å². The molecule has 0 aliphatic carbocycles. The Bertz CT molecular complexity index is 308. The molecule has 0 bridgehead atoms. The summed E-state index contributed by atoms with van der Waals surface area (Å²) in [6, 6.07) is 6.57. The SMILES string of the molecule is CCCCOC(=O)Oc1ccc(N)cc1. The zero-order valence-corrected chi connectivity index (χ0v) is 8.73. The van der Waals surface area contributed by atoms with Crippen LogP contribution in [0.2, 0.25) is 0 Å². The molecule has 0 radical (unpaired) electrons. The number of ether oxygens (including phenoxy) is 2. The number of carbonyl (C=O) groups is 1. The van der Waals surface area contributed by atoms with Crippen LogP contribution in [0.5, 0.6) is 5.75 Å². The van der Waals surface area contributed by atoms with Gasteiger partial charge in [0, 0.05) is 5.69 Å². The van der Waals surface area contributed by atoms with E-state index in [-0.39, 0.29) is 0 Å². The maximum absolute atomic E-state index is 11.1. The molecule has 0 aromatic heterocycles. The van der Waals surface area contributed by atoms with Gasteiger partial charge < -0.3 is 15.2 Å². The molecule has 1 rings (SSSR count). The minimum absolute atomic E-state index is 0.393. The molecule has 0 spiro atoms. The normalized spacial score (nSPS) is 9.67. The smallest absolute Gasteiger partial charge is 0.434 e. The Hall–Kier alpha value is -1.71. The quantitative estimate of drug-likeness (QED) is 0.358. The summed E-state index contributed by atoms with van der Waals surface area (Å²) in [4.78, 5) is 11.1.